The lowest BCUT2D eigenvalue weighted by atomic mass is 10.1. The molecule has 0 unspecified atom stereocenters. The van der Waals surface area contributed by atoms with Crippen molar-refractivity contribution in [3.8, 4) is 0 Å². The summed E-state index contributed by atoms with van der Waals surface area (Å²) in [6, 6.07) is 15.4. The van der Waals surface area contributed by atoms with E-state index in [4.69, 9.17) is 0 Å². The zero-order valence-corrected chi connectivity index (χ0v) is 17.7. The second-order valence-corrected chi connectivity index (χ2v) is 9.52. The molecule has 7 nitrogen and oxygen atoms in total. The minimum absolute atomic E-state index is 0.0371. The monoisotopic (exact) mass is 427 g/mol. The molecule has 0 N–H and O–H groups in total. The normalized spacial score (nSPS) is 20.0. The Morgan fingerprint density at radius 2 is 1.57 bits per heavy atom. The lowest BCUT2D eigenvalue weighted by Crippen LogP contribution is -2.55. The van der Waals surface area contributed by atoms with Crippen molar-refractivity contribution >= 4 is 27.5 Å². The van der Waals surface area contributed by atoms with E-state index >= 15 is 0 Å². The molecule has 0 spiro atoms. The van der Waals surface area contributed by atoms with Crippen molar-refractivity contribution in [2.75, 3.05) is 31.1 Å². The van der Waals surface area contributed by atoms with Crippen LogP contribution in [0, 0.1) is 6.92 Å². The number of aryl methyl sites for hydroxylation is 1. The van der Waals surface area contributed by atoms with Gasteiger partial charge in [0, 0.05) is 38.3 Å². The predicted octanol–water partition coefficient (Wildman–Crippen LogP) is 2.02. The molecule has 1 atom stereocenters. The maximum Gasteiger partial charge on any atom is 0.267 e. The van der Waals surface area contributed by atoms with Crippen molar-refractivity contribution in [3.63, 3.8) is 0 Å². The van der Waals surface area contributed by atoms with E-state index in [1.807, 2.05) is 37.3 Å². The molecule has 2 aliphatic rings. The summed E-state index contributed by atoms with van der Waals surface area (Å²) in [5.41, 5.74) is 2.02. The largest absolute Gasteiger partial charge is 0.368 e. The number of hydrogen-bond acceptors (Lipinski definition) is 5. The van der Waals surface area contributed by atoms with Crippen LogP contribution in [-0.4, -0.2) is 61.7 Å². The van der Waals surface area contributed by atoms with Crippen molar-refractivity contribution in [2.45, 2.75) is 30.7 Å². The van der Waals surface area contributed by atoms with Gasteiger partial charge in [-0.05, 0) is 37.6 Å². The molecule has 0 aliphatic carbocycles. The first-order chi connectivity index (χ1) is 14.4. The molecule has 158 valence electrons. The molecule has 0 aromatic heterocycles. The molecule has 2 heterocycles. The van der Waals surface area contributed by atoms with Gasteiger partial charge >= 0.3 is 0 Å². The van der Waals surface area contributed by atoms with Gasteiger partial charge in [-0.25, -0.2) is 12.7 Å². The second-order valence-electron chi connectivity index (χ2n) is 7.71. The minimum atomic E-state index is -4.07. The van der Waals surface area contributed by atoms with Gasteiger partial charge in [0.25, 0.3) is 10.0 Å². The number of amides is 2. The van der Waals surface area contributed by atoms with Gasteiger partial charge in [-0.15, -0.1) is 0 Å². The fourth-order valence-electron chi connectivity index (χ4n) is 4.05. The number of rotatable bonds is 4. The Bertz CT molecular complexity index is 1030. The summed E-state index contributed by atoms with van der Waals surface area (Å²) in [5.74, 6) is -0.805. The van der Waals surface area contributed by atoms with Crippen LogP contribution in [0.5, 0.6) is 0 Å². The quantitative estimate of drug-likeness (QED) is 0.746. The highest BCUT2D eigenvalue weighted by molar-refractivity contribution is 7.89. The highest BCUT2D eigenvalue weighted by Gasteiger charge is 2.45. The van der Waals surface area contributed by atoms with Gasteiger partial charge in [-0.1, -0.05) is 35.9 Å². The van der Waals surface area contributed by atoms with Crippen LogP contribution in [0.1, 0.15) is 18.4 Å². The third kappa shape index (κ3) is 3.79. The fraction of sp³-hybridized carbons (Fsp3) is 0.364. The molecule has 2 aliphatic heterocycles. The lowest BCUT2D eigenvalue weighted by Gasteiger charge is -2.38. The molecule has 2 aromatic carbocycles. The van der Waals surface area contributed by atoms with E-state index in [0.717, 1.165) is 15.6 Å². The van der Waals surface area contributed by atoms with Crippen LogP contribution in [0.15, 0.2) is 59.5 Å². The van der Waals surface area contributed by atoms with Crippen LogP contribution < -0.4 is 4.90 Å². The first-order valence-corrected chi connectivity index (χ1v) is 11.5. The Hall–Kier alpha value is -2.87. The number of nitrogens with zero attached hydrogens (tertiary/aromatic N) is 3. The molecule has 0 radical (unpaired) electrons. The number of hydrogen-bond donors (Lipinski definition) is 0. The Morgan fingerprint density at radius 1 is 0.933 bits per heavy atom. The molecule has 2 aromatic rings. The SMILES string of the molecule is Cc1ccc(S(=O)(=O)N2C(=O)CC[C@@H]2C(=O)N2CCN(c3ccccc3)CC2)cc1. The molecular weight excluding hydrogens is 402 g/mol. The first-order valence-electron chi connectivity index (χ1n) is 10.1. The summed E-state index contributed by atoms with van der Waals surface area (Å²) in [6.07, 6.45) is 0.285. The van der Waals surface area contributed by atoms with E-state index in [1.54, 1.807) is 17.0 Å². The summed E-state index contributed by atoms with van der Waals surface area (Å²) >= 11 is 0. The summed E-state index contributed by atoms with van der Waals surface area (Å²) in [4.78, 5) is 29.6. The molecule has 2 saturated heterocycles. The van der Waals surface area contributed by atoms with Gasteiger partial charge in [0.05, 0.1) is 4.90 Å². The van der Waals surface area contributed by atoms with Crippen LogP contribution in [-0.2, 0) is 19.6 Å². The van der Waals surface area contributed by atoms with Gasteiger partial charge in [0.2, 0.25) is 11.8 Å². The van der Waals surface area contributed by atoms with Gasteiger partial charge in [-0.3, -0.25) is 9.59 Å². The second kappa shape index (κ2) is 8.10. The van der Waals surface area contributed by atoms with E-state index in [0.29, 0.717) is 26.2 Å². The van der Waals surface area contributed by atoms with E-state index < -0.39 is 22.0 Å². The summed E-state index contributed by atoms with van der Waals surface area (Å²) in [6.45, 7) is 4.19. The van der Waals surface area contributed by atoms with E-state index in [2.05, 4.69) is 4.90 Å². The Labute approximate surface area is 176 Å². The highest BCUT2D eigenvalue weighted by Crippen LogP contribution is 2.29. The van der Waals surface area contributed by atoms with E-state index in [-0.39, 0.29) is 23.6 Å². The molecule has 2 fully saturated rings. The first kappa shape index (κ1) is 20.4. The highest BCUT2D eigenvalue weighted by atomic mass is 32.2. The van der Waals surface area contributed by atoms with Crippen LogP contribution in [0.25, 0.3) is 0 Å². The zero-order chi connectivity index (χ0) is 21.3. The Morgan fingerprint density at radius 3 is 2.20 bits per heavy atom. The average molecular weight is 428 g/mol. The maximum absolute atomic E-state index is 13.2. The van der Waals surface area contributed by atoms with Crippen LogP contribution in [0.3, 0.4) is 0 Å². The van der Waals surface area contributed by atoms with Crippen LogP contribution in [0.2, 0.25) is 0 Å². The number of para-hydroxylation sites is 1. The lowest BCUT2D eigenvalue weighted by molar-refractivity contribution is -0.138. The number of sulfonamides is 1. The van der Waals surface area contributed by atoms with Crippen molar-refractivity contribution in [1.29, 1.82) is 0 Å². The molecule has 8 heteroatoms. The van der Waals surface area contributed by atoms with Crippen LogP contribution >= 0.6 is 0 Å². The minimum Gasteiger partial charge on any atom is -0.368 e. The number of carbonyl (C=O) groups excluding carboxylic acids is 2. The number of piperazine rings is 1. The molecule has 4 rings (SSSR count). The van der Waals surface area contributed by atoms with Gasteiger partial charge in [0.15, 0.2) is 0 Å². The van der Waals surface area contributed by atoms with Crippen molar-refractivity contribution in [1.82, 2.24) is 9.21 Å². The van der Waals surface area contributed by atoms with Crippen molar-refractivity contribution in [3.05, 3.63) is 60.2 Å². The zero-order valence-electron chi connectivity index (χ0n) is 16.9. The van der Waals surface area contributed by atoms with Crippen molar-refractivity contribution < 1.29 is 18.0 Å². The standard InChI is InChI=1S/C22H25N3O4S/c1-17-7-9-19(10-8-17)30(28,29)25-20(11-12-21(25)26)22(27)24-15-13-23(14-16-24)18-5-3-2-4-6-18/h2-10,20H,11-16H2,1H3/t20-/m1/s1. The smallest absolute Gasteiger partial charge is 0.267 e. The van der Waals surface area contributed by atoms with Crippen LogP contribution in [0.4, 0.5) is 5.69 Å². The van der Waals surface area contributed by atoms with E-state index in [9.17, 15) is 18.0 Å². The Balaban J connectivity index is 1.49. The van der Waals surface area contributed by atoms with Gasteiger partial charge in [0.1, 0.15) is 6.04 Å². The third-order valence-electron chi connectivity index (χ3n) is 5.74. The molecule has 0 bridgehead atoms. The summed E-state index contributed by atoms with van der Waals surface area (Å²) in [7, 11) is -4.07. The number of benzene rings is 2. The molecular formula is C22H25N3O4S. The molecule has 30 heavy (non-hydrogen) atoms. The molecule has 0 saturated carbocycles. The summed E-state index contributed by atoms with van der Waals surface area (Å²) in [5, 5.41) is 0. The van der Waals surface area contributed by atoms with Gasteiger partial charge in [-0.2, -0.15) is 0 Å². The summed E-state index contributed by atoms with van der Waals surface area (Å²) < 4.78 is 27.0. The van der Waals surface area contributed by atoms with E-state index in [1.165, 1.54) is 12.1 Å². The molecule has 2 amide bonds. The fourth-order valence-corrected chi connectivity index (χ4v) is 5.64. The predicted molar refractivity (Wildman–Crippen MR) is 113 cm³/mol. The maximum atomic E-state index is 13.2. The topological polar surface area (TPSA) is 78.0 Å². The Kier molecular flexibility index (Phi) is 5.51. The van der Waals surface area contributed by atoms with Gasteiger partial charge < -0.3 is 9.80 Å². The van der Waals surface area contributed by atoms with Crippen molar-refractivity contribution in [2.24, 2.45) is 0 Å². The average Bonchev–Trinajstić information content (AvgIpc) is 3.16. The number of carbonyl (C=O) groups is 2. The number of anilines is 1. The third-order valence-corrected chi connectivity index (χ3v) is 7.58.